The molecule has 0 amide bonds. The monoisotopic (exact) mass is 487 g/mol. The van der Waals surface area contributed by atoms with E-state index in [2.05, 4.69) is 39.2 Å². The number of halogens is 1. The van der Waals surface area contributed by atoms with Crippen LogP contribution in [0.4, 0.5) is 5.82 Å². The molecule has 0 atom stereocenters. The molecule has 3 N–H and O–H groups in total. The Bertz CT molecular complexity index is 1530. The highest BCUT2D eigenvalue weighted by atomic mass is 35.5. The number of nitrogens with zero attached hydrogens (tertiary/aromatic N) is 7. The molecule has 6 aromatic heterocycles. The summed E-state index contributed by atoms with van der Waals surface area (Å²) in [6.45, 7) is 5.31. The Morgan fingerprint density at radius 2 is 1.60 bits per heavy atom. The molecule has 0 spiro atoms. The third-order valence-corrected chi connectivity index (χ3v) is 5.77. The molecule has 0 aliphatic heterocycles. The average molecular weight is 488 g/mol. The highest BCUT2D eigenvalue weighted by Gasteiger charge is 2.13. The Kier molecular flexibility index (Phi) is 6.35. The van der Waals surface area contributed by atoms with Gasteiger partial charge in [-0.15, -0.1) is 0 Å². The molecule has 6 heterocycles. The molecule has 0 unspecified atom stereocenters. The number of hydrogen-bond acceptors (Lipinski definition) is 6. The van der Waals surface area contributed by atoms with Crippen molar-refractivity contribution >= 4 is 34.4 Å². The molecule has 0 radical (unpaired) electrons. The van der Waals surface area contributed by atoms with Gasteiger partial charge in [0.2, 0.25) is 0 Å². The fraction of sp³-hybridized carbons (Fsp3) is 0.200. The van der Waals surface area contributed by atoms with Gasteiger partial charge in [-0.1, -0.05) is 37.6 Å². The lowest BCUT2D eigenvalue weighted by Gasteiger charge is -2.08. The first-order chi connectivity index (χ1) is 17.0. The van der Waals surface area contributed by atoms with Gasteiger partial charge in [-0.2, -0.15) is 9.61 Å². The first-order valence-electron chi connectivity index (χ1n) is 11.3. The van der Waals surface area contributed by atoms with Crippen LogP contribution in [0.25, 0.3) is 16.9 Å². The van der Waals surface area contributed by atoms with Crippen molar-refractivity contribution in [2.45, 2.75) is 32.9 Å². The van der Waals surface area contributed by atoms with Crippen LogP contribution in [0.5, 0.6) is 0 Å². The fourth-order valence-corrected chi connectivity index (χ4v) is 4.01. The summed E-state index contributed by atoms with van der Waals surface area (Å²) < 4.78 is 5.75. The molecule has 0 aliphatic carbocycles. The van der Waals surface area contributed by atoms with Crippen molar-refractivity contribution < 1.29 is 0 Å². The van der Waals surface area contributed by atoms with E-state index >= 15 is 0 Å². The summed E-state index contributed by atoms with van der Waals surface area (Å²) >= 11 is 6.19. The summed E-state index contributed by atoms with van der Waals surface area (Å²) in [5.41, 5.74) is 11.0. The second kappa shape index (κ2) is 9.73. The van der Waals surface area contributed by atoms with Crippen LogP contribution in [0.2, 0.25) is 5.15 Å². The summed E-state index contributed by atoms with van der Waals surface area (Å²) in [4.78, 5) is 13.3. The van der Waals surface area contributed by atoms with Crippen LogP contribution in [-0.2, 0) is 13.1 Å². The van der Waals surface area contributed by atoms with E-state index < -0.39 is 0 Å². The van der Waals surface area contributed by atoms with E-state index in [4.69, 9.17) is 17.3 Å². The number of anilines is 1. The predicted molar refractivity (Wildman–Crippen MR) is 138 cm³/mol. The maximum absolute atomic E-state index is 6.19. The molecule has 35 heavy (non-hydrogen) atoms. The largest absolute Gasteiger partial charge is 0.364 e. The highest BCUT2D eigenvalue weighted by Crippen LogP contribution is 2.24. The maximum atomic E-state index is 6.19. The van der Waals surface area contributed by atoms with Crippen molar-refractivity contribution in [3.63, 3.8) is 0 Å². The van der Waals surface area contributed by atoms with Crippen molar-refractivity contribution in [2.24, 2.45) is 5.73 Å². The number of pyridine rings is 2. The summed E-state index contributed by atoms with van der Waals surface area (Å²) in [6.07, 6.45) is 9.73. The average Bonchev–Trinajstić information content (AvgIpc) is 3.58. The lowest BCUT2D eigenvalue weighted by molar-refractivity contribution is 0.871. The summed E-state index contributed by atoms with van der Waals surface area (Å²) in [6, 6.07) is 13.6. The van der Waals surface area contributed by atoms with E-state index in [1.165, 1.54) is 0 Å². The number of nitrogens with two attached hydrogens (primary N) is 1. The van der Waals surface area contributed by atoms with Gasteiger partial charge >= 0.3 is 0 Å². The van der Waals surface area contributed by atoms with E-state index in [9.17, 15) is 0 Å². The smallest absolute Gasteiger partial charge is 0.162 e. The molecule has 6 aromatic rings. The molecule has 0 bridgehead atoms. The zero-order valence-electron chi connectivity index (χ0n) is 19.5. The van der Waals surface area contributed by atoms with Gasteiger partial charge in [-0.3, -0.25) is 0 Å². The molecule has 9 nitrogen and oxygen atoms in total. The van der Waals surface area contributed by atoms with Crippen molar-refractivity contribution in [1.82, 2.24) is 33.4 Å². The van der Waals surface area contributed by atoms with Crippen LogP contribution in [0, 0.1) is 0 Å². The van der Waals surface area contributed by atoms with E-state index in [0.717, 1.165) is 39.7 Å². The lowest BCUT2D eigenvalue weighted by atomic mass is 10.1. The van der Waals surface area contributed by atoms with Gasteiger partial charge in [0.05, 0.1) is 24.1 Å². The third-order valence-electron chi connectivity index (χ3n) is 5.58. The second-order valence-electron chi connectivity index (χ2n) is 8.41. The molecule has 0 aliphatic rings. The normalized spacial score (nSPS) is 11.3. The molecule has 0 aromatic carbocycles. The fourth-order valence-electron chi connectivity index (χ4n) is 3.82. The number of hydrogen-bond donors (Lipinski definition) is 2. The molecule has 0 saturated carbocycles. The first kappa shape index (κ1) is 22.8. The highest BCUT2D eigenvalue weighted by molar-refractivity contribution is 6.29. The molecule has 10 heteroatoms. The van der Waals surface area contributed by atoms with Gasteiger partial charge in [-0.25, -0.2) is 15.0 Å². The van der Waals surface area contributed by atoms with Crippen molar-refractivity contribution in [2.75, 3.05) is 5.32 Å². The van der Waals surface area contributed by atoms with Crippen LogP contribution in [0.1, 0.15) is 36.7 Å². The third kappa shape index (κ3) is 4.82. The summed E-state index contributed by atoms with van der Waals surface area (Å²) in [7, 11) is 0. The molecule has 0 fully saturated rings. The van der Waals surface area contributed by atoms with Crippen LogP contribution in [-0.4, -0.2) is 33.4 Å². The Balaban J connectivity index is 0.000000192. The van der Waals surface area contributed by atoms with E-state index in [0.29, 0.717) is 24.2 Å². The van der Waals surface area contributed by atoms with Gasteiger partial charge in [0.15, 0.2) is 5.65 Å². The van der Waals surface area contributed by atoms with Crippen LogP contribution >= 0.6 is 11.6 Å². The molecule has 0 saturated heterocycles. The number of rotatable bonds is 5. The van der Waals surface area contributed by atoms with Crippen LogP contribution in [0.3, 0.4) is 0 Å². The minimum Gasteiger partial charge on any atom is -0.364 e. The molecule has 178 valence electrons. The van der Waals surface area contributed by atoms with E-state index in [1.807, 2.05) is 76.2 Å². The second-order valence-corrected chi connectivity index (χ2v) is 8.80. The molecular weight excluding hydrogens is 462 g/mol. The summed E-state index contributed by atoms with van der Waals surface area (Å²) in [5.74, 6) is 1.13. The number of nitrogens with one attached hydrogen (secondary N) is 1. The van der Waals surface area contributed by atoms with E-state index in [1.54, 1.807) is 10.6 Å². The molecule has 6 rings (SSSR count). The standard InChI is InChI=1S/C17H17ClN6.C8H9N3/c1-11(2)13-9-20-24-16(7-14(18)22-17(13)24)19-8-12-10-23-6-4-3-5-15(23)21-12;9-5-7-6-11-4-2-1-3-8(11)10-7/h3-7,9-11,19H,8H2,1-2H3;1-4,6H,5,9H2. The summed E-state index contributed by atoms with van der Waals surface area (Å²) in [5, 5.41) is 8.25. The Morgan fingerprint density at radius 3 is 2.23 bits per heavy atom. The van der Waals surface area contributed by atoms with Crippen LogP contribution in [0.15, 0.2) is 73.4 Å². The quantitative estimate of drug-likeness (QED) is 0.345. The lowest BCUT2D eigenvalue weighted by Crippen LogP contribution is -2.06. The maximum Gasteiger partial charge on any atom is 0.162 e. The van der Waals surface area contributed by atoms with Gasteiger partial charge in [0.25, 0.3) is 0 Å². The van der Waals surface area contributed by atoms with Crippen molar-refractivity contribution in [3.8, 4) is 0 Å². The topological polar surface area (TPSA) is 103 Å². The van der Waals surface area contributed by atoms with Gasteiger partial charge in [-0.05, 0) is 30.2 Å². The zero-order chi connectivity index (χ0) is 24.4. The van der Waals surface area contributed by atoms with Gasteiger partial charge in [0.1, 0.15) is 22.3 Å². The number of imidazole rings is 2. The minimum absolute atomic E-state index is 0.333. The Hall–Kier alpha value is -3.95. The first-order valence-corrected chi connectivity index (χ1v) is 11.7. The predicted octanol–water partition coefficient (Wildman–Crippen LogP) is 4.56. The SMILES string of the molecule is CC(C)c1cnn2c(NCc3cn4ccccc4n3)cc(Cl)nc12.NCc1cn2ccccc2n1. The van der Waals surface area contributed by atoms with Crippen LogP contribution < -0.4 is 11.1 Å². The minimum atomic E-state index is 0.333. The van der Waals surface area contributed by atoms with Gasteiger partial charge in [0, 0.05) is 43.0 Å². The Labute approximate surface area is 207 Å². The van der Waals surface area contributed by atoms with E-state index in [-0.39, 0.29) is 0 Å². The zero-order valence-corrected chi connectivity index (χ0v) is 20.3. The van der Waals surface area contributed by atoms with Gasteiger partial charge < -0.3 is 19.9 Å². The number of fused-ring (bicyclic) bond motifs is 3. The van der Waals surface area contributed by atoms with Crippen molar-refractivity contribution in [1.29, 1.82) is 0 Å². The number of aromatic nitrogens is 7. The Morgan fingerprint density at radius 1 is 0.943 bits per heavy atom. The molecular formula is C25H26ClN9. The van der Waals surface area contributed by atoms with Crippen molar-refractivity contribution in [3.05, 3.63) is 95.6 Å².